The molecule has 3 aromatic rings. The van der Waals surface area contributed by atoms with Crippen molar-refractivity contribution in [2.24, 2.45) is 0 Å². The summed E-state index contributed by atoms with van der Waals surface area (Å²) in [5.74, 6) is 0. The quantitative estimate of drug-likeness (QED) is 0.349. The summed E-state index contributed by atoms with van der Waals surface area (Å²) in [4.78, 5) is 14.9. The minimum absolute atomic E-state index is 0.0213. The van der Waals surface area contributed by atoms with Gasteiger partial charge >= 0.3 is 0 Å². The Bertz CT molecular complexity index is 1000. The van der Waals surface area contributed by atoms with Crippen LogP contribution >= 0.6 is 22.9 Å². The lowest BCUT2D eigenvalue weighted by Crippen LogP contribution is -1.88. The van der Waals surface area contributed by atoms with Crippen LogP contribution in [0.2, 0.25) is 5.02 Å². The van der Waals surface area contributed by atoms with Crippen LogP contribution in [-0.2, 0) is 0 Å². The van der Waals surface area contributed by atoms with Gasteiger partial charge in [0.1, 0.15) is 11.1 Å². The van der Waals surface area contributed by atoms with Crippen molar-refractivity contribution in [3.8, 4) is 17.3 Å². The normalized spacial score (nSPS) is 11.1. The van der Waals surface area contributed by atoms with Gasteiger partial charge in [-0.2, -0.15) is 5.26 Å². The van der Waals surface area contributed by atoms with Crippen molar-refractivity contribution in [3.63, 3.8) is 0 Å². The first-order valence-electron chi connectivity index (χ1n) is 7.15. The number of aromatic nitrogens is 1. The number of benzene rings is 2. The van der Waals surface area contributed by atoms with Gasteiger partial charge < -0.3 is 0 Å². The number of nitro groups is 1. The predicted octanol–water partition coefficient (Wildman–Crippen LogP) is 5.44. The molecule has 7 heteroatoms. The van der Waals surface area contributed by atoms with Crippen LogP contribution in [0.15, 0.2) is 53.9 Å². The lowest BCUT2D eigenvalue weighted by Gasteiger charge is -1.97. The number of nitro benzene ring substituents is 1. The van der Waals surface area contributed by atoms with Gasteiger partial charge in [-0.25, -0.2) is 4.98 Å². The van der Waals surface area contributed by atoms with E-state index in [1.165, 1.54) is 23.5 Å². The number of rotatable bonds is 4. The number of non-ortho nitro benzene ring substituents is 1. The lowest BCUT2D eigenvalue weighted by molar-refractivity contribution is -0.384. The Morgan fingerprint density at radius 3 is 2.72 bits per heavy atom. The molecule has 25 heavy (non-hydrogen) atoms. The van der Waals surface area contributed by atoms with Gasteiger partial charge in [0.25, 0.3) is 5.69 Å². The summed E-state index contributed by atoms with van der Waals surface area (Å²) < 4.78 is 0. The van der Waals surface area contributed by atoms with Crippen LogP contribution in [0.5, 0.6) is 0 Å². The summed E-state index contributed by atoms with van der Waals surface area (Å²) in [5, 5.41) is 23.3. The maximum Gasteiger partial charge on any atom is 0.270 e. The van der Waals surface area contributed by atoms with Crippen LogP contribution in [-0.4, -0.2) is 9.91 Å². The number of hydrogen-bond acceptors (Lipinski definition) is 5. The van der Waals surface area contributed by atoms with Crippen LogP contribution in [0.4, 0.5) is 5.69 Å². The van der Waals surface area contributed by atoms with Crippen LogP contribution in [0.3, 0.4) is 0 Å². The summed E-state index contributed by atoms with van der Waals surface area (Å²) in [7, 11) is 0. The molecule has 0 fully saturated rings. The molecule has 0 unspecified atom stereocenters. The maximum atomic E-state index is 10.9. The average Bonchev–Trinajstić information content (AvgIpc) is 3.10. The molecular weight excluding hydrogens is 358 g/mol. The second-order valence-electron chi connectivity index (χ2n) is 5.07. The van der Waals surface area contributed by atoms with Crippen LogP contribution in [0, 0.1) is 21.4 Å². The molecule has 0 atom stereocenters. The Balaban J connectivity index is 1.94. The standard InChI is InChI=1S/C18H10ClN3O2S/c19-15-6-4-13(5-7-15)17-11-25-18(21-17)14(10-20)8-12-2-1-3-16(9-12)22(23)24/h1-9,11H. The molecule has 0 saturated carbocycles. The van der Waals surface area contributed by atoms with Gasteiger partial charge in [-0.3, -0.25) is 10.1 Å². The highest BCUT2D eigenvalue weighted by Gasteiger charge is 2.10. The number of thiazole rings is 1. The molecule has 0 amide bonds. The third-order valence-electron chi connectivity index (χ3n) is 3.39. The molecule has 0 spiro atoms. The minimum atomic E-state index is -0.467. The van der Waals surface area contributed by atoms with Gasteiger partial charge in [0, 0.05) is 28.1 Å². The summed E-state index contributed by atoms with van der Waals surface area (Å²) in [6, 6.07) is 15.5. The van der Waals surface area contributed by atoms with Gasteiger partial charge in [0.05, 0.1) is 16.2 Å². The Labute approximate surface area is 152 Å². The van der Waals surface area contributed by atoms with Gasteiger partial charge in [-0.15, -0.1) is 11.3 Å². The molecule has 0 saturated heterocycles. The van der Waals surface area contributed by atoms with Crippen molar-refractivity contribution >= 4 is 40.3 Å². The molecule has 1 aromatic heterocycles. The first kappa shape index (κ1) is 16.8. The summed E-state index contributed by atoms with van der Waals surface area (Å²) in [6.07, 6.45) is 1.59. The molecule has 5 nitrogen and oxygen atoms in total. The first-order chi connectivity index (χ1) is 12.1. The number of allylic oxidation sites excluding steroid dienone is 1. The van der Waals surface area contributed by atoms with Gasteiger partial charge in [0.15, 0.2) is 0 Å². The summed E-state index contributed by atoms with van der Waals surface area (Å²) in [5.41, 5.74) is 2.56. The monoisotopic (exact) mass is 367 g/mol. The fraction of sp³-hybridized carbons (Fsp3) is 0. The van der Waals surface area contributed by atoms with E-state index in [-0.39, 0.29) is 5.69 Å². The average molecular weight is 368 g/mol. The zero-order chi connectivity index (χ0) is 17.8. The van der Waals surface area contributed by atoms with Crippen molar-refractivity contribution in [1.29, 1.82) is 5.26 Å². The van der Waals surface area contributed by atoms with E-state index in [1.54, 1.807) is 30.3 Å². The fourth-order valence-electron chi connectivity index (χ4n) is 2.19. The fourth-order valence-corrected chi connectivity index (χ4v) is 3.11. The van der Waals surface area contributed by atoms with E-state index in [0.717, 1.165) is 11.3 Å². The molecule has 0 radical (unpaired) electrons. The molecular formula is C18H10ClN3O2S. The number of nitrogens with zero attached hydrogens (tertiary/aromatic N) is 3. The van der Waals surface area contributed by atoms with Crippen molar-refractivity contribution in [2.45, 2.75) is 0 Å². The second-order valence-corrected chi connectivity index (χ2v) is 6.36. The molecule has 0 aliphatic rings. The predicted molar refractivity (Wildman–Crippen MR) is 99.1 cm³/mol. The molecule has 1 heterocycles. The van der Waals surface area contributed by atoms with Crippen LogP contribution in [0.25, 0.3) is 22.9 Å². The molecule has 2 aromatic carbocycles. The highest BCUT2D eigenvalue weighted by Crippen LogP contribution is 2.28. The summed E-state index contributed by atoms with van der Waals surface area (Å²) in [6.45, 7) is 0. The first-order valence-corrected chi connectivity index (χ1v) is 8.40. The largest absolute Gasteiger partial charge is 0.270 e. The molecule has 0 aliphatic heterocycles. The maximum absolute atomic E-state index is 10.9. The van der Waals surface area contributed by atoms with Crippen LogP contribution < -0.4 is 0 Å². The van der Waals surface area contributed by atoms with Crippen molar-refractivity contribution in [2.75, 3.05) is 0 Å². The lowest BCUT2D eigenvalue weighted by atomic mass is 10.1. The van der Waals surface area contributed by atoms with Crippen molar-refractivity contribution in [3.05, 3.63) is 79.6 Å². The number of halogens is 1. The van der Waals surface area contributed by atoms with E-state index in [1.807, 2.05) is 17.5 Å². The Morgan fingerprint density at radius 1 is 1.28 bits per heavy atom. The van der Waals surface area contributed by atoms with Gasteiger partial charge in [0.2, 0.25) is 0 Å². The Hall–Kier alpha value is -3.01. The number of nitriles is 1. The van der Waals surface area contributed by atoms with E-state index < -0.39 is 4.92 Å². The number of hydrogen-bond donors (Lipinski definition) is 0. The third-order valence-corrected chi connectivity index (χ3v) is 4.51. The van der Waals surface area contributed by atoms with E-state index in [0.29, 0.717) is 21.2 Å². The van der Waals surface area contributed by atoms with E-state index in [4.69, 9.17) is 11.6 Å². The van der Waals surface area contributed by atoms with Gasteiger partial charge in [-0.1, -0.05) is 35.9 Å². The van der Waals surface area contributed by atoms with Crippen molar-refractivity contribution in [1.82, 2.24) is 4.98 Å². The van der Waals surface area contributed by atoms with E-state index in [2.05, 4.69) is 11.1 Å². The third kappa shape index (κ3) is 3.91. The SMILES string of the molecule is N#CC(=Cc1cccc([N+](=O)[O-])c1)c1nc(-c2ccc(Cl)cc2)cs1. The molecule has 0 N–H and O–H groups in total. The second kappa shape index (κ2) is 7.26. The molecule has 3 rings (SSSR count). The summed E-state index contributed by atoms with van der Waals surface area (Å²) >= 11 is 7.23. The van der Waals surface area contributed by atoms with E-state index in [9.17, 15) is 15.4 Å². The Morgan fingerprint density at radius 2 is 2.04 bits per heavy atom. The Kier molecular flexibility index (Phi) is 4.89. The highest BCUT2D eigenvalue weighted by atomic mass is 35.5. The molecule has 0 aliphatic carbocycles. The van der Waals surface area contributed by atoms with Crippen LogP contribution in [0.1, 0.15) is 10.6 Å². The topological polar surface area (TPSA) is 79.8 Å². The highest BCUT2D eigenvalue weighted by molar-refractivity contribution is 7.11. The smallest absolute Gasteiger partial charge is 0.258 e. The molecule has 0 bridgehead atoms. The minimum Gasteiger partial charge on any atom is -0.258 e. The van der Waals surface area contributed by atoms with Gasteiger partial charge in [-0.05, 0) is 23.8 Å². The van der Waals surface area contributed by atoms with Crippen molar-refractivity contribution < 1.29 is 4.92 Å². The molecule has 122 valence electrons. The zero-order valence-electron chi connectivity index (χ0n) is 12.7. The zero-order valence-corrected chi connectivity index (χ0v) is 14.3. The van der Waals surface area contributed by atoms with E-state index >= 15 is 0 Å².